The summed E-state index contributed by atoms with van der Waals surface area (Å²) in [6.07, 6.45) is 0. The van der Waals surface area contributed by atoms with Crippen molar-refractivity contribution in [3.05, 3.63) is 92.4 Å². The average molecular weight is 546 g/mol. The van der Waals surface area contributed by atoms with Gasteiger partial charge in [-0.1, -0.05) is 45.7 Å². The molecule has 3 N–H and O–H groups in total. The summed E-state index contributed by atoms with van der Waals surface area (Å²) in [7, 11) is 0. The van der Waals surface area contributed by atoms with Crippen molar-refractivity contribution >= 4 is 33.5 Å². The third-order valence-electron chi connectivity index (χ3n) is 5.58. The highest BCUT2D eigenvalue weighted by Crippen LogP contribution is 2.27. The molecule has 0 unspecified atom stereocenters. The first-order chi connectivity index (χ1) is 16.5. The van der Waals surface area contributed by atoms with Crippen molar-refractivity contribution in [2.24, 2.45) is 5.92 Å². The van der Waals surface area contributed by atoms with Crippen molar-refractivity contribution in [2.45, 2.75) is 19.8 Å². The van der Waals surface area contributed by atoms with Crippen LogP contribution in [0.25, 0.3) is 0 Å². The standard InChI is InChI=1S/C26H26BrClN2O4/c27-25-9-22(28)6-5-21(25)16-34-24-8-18(11-29-12-19-13-30-14-19)7-23(10-24)33-15-17-1-3-20(4-2-17)26(31)32/h1-10,19,29-30H,11-16H2,(H,31,32). The fourth-order valence-corrected chi connectivity index (χ4v) is 4.32. The number of hydrogen-bond donors (Lipinski definition) is 3. The number of rotatable bonds is 11. The van der Waals surface area contributed by atoms with Gasteiger partial charge in [0.1, 0.15) is 24.7 Å². The highest BCUT2D eigenvalue weighted by molar-refractivity contribution is 9.10. The Bertz CT molecular complexity index is 1140. The SMILES string of the molecule is O=C(O)c1ccc(COc2cc(CNCC3CNC3)cc(OCc3ccc(Cl)cc3Br)c2)cc1. The maximum absolute atomic E-state index is 11.1. The Labute approximate surface area is 212 Å². The first kappa shape index (κ1) is 24.5. The van der Waals surface area contributed by atoms with E-state index < -0.39 is 5.97 Å². The van der Waals surface area contributed by atoms with Gasteiger partial charge in [-0.05, 0) is 53.4 Å². The van der Waals surface area contributed by atoms with Crippen molar-refractivity contribution < 1.29 is 19.4 Å². The lowest BCUT2D eigenvalue weighted by atomic mass is 10.0. The molecule has 0 radical (unpaired) electrons. The smallest absolute Gasteiger partial charge is 0.335 e. The Balaban J connectivity index is 1.44. The van der Waals surface area contributed by atoms with Gasteiger partial charge in [0, 0.05) is 47.3 Å². The number of carboxylic acids is 1. The average Bonchev–Trinajstić information content (AvgIpc) is 2.79. The van der Waals surface area contributed by atoms with E-state index in [0.717, 1.165) is 40.8 Å². The number of ether oxygens (including phenoxy) is 2. The molecule has 1 saturated heterocycles. The van der Waals surface area contributed by atoms with E-state index in [-0.39, 0.29) is 5.56 Å². The summed E-state index contributed by atoms with van der Waals surface area (Å²) in [5.74, 6) is 1.13. The van der Waals surface area contributed by atoms with Crippen molar-refractivity contribution in [1.29, 1.82) is 0 Å². The fraction of sp³-hybridized carbons (Fsp3) is 0.269. The third-order valence-corrected chi connectivity index (χ3v) is 6.56. The largest absolute Gasteiger partial charge is 0.489 e. The number of carboxylic acid groups (broad SMARTS) is 1. The van der Waals surface area contributed by atoms with Gasteiger partial charge in [0.15, 0.2) is 0 Å². The molecule has 1 fully saturated rings. The highest BCUT2D eigenvalue weighted by atomic mass is 79.9. The van der Waals surface area contributed by atoms with Crippen LogP contribution in [0.15, 0.2) is 65.1 Å². The predicted molar refractivity (Wildman–Crippen MR) is 136 cm³/mol. The van der Waals surface area contributed by atoms with E-state index in [9.17, 15) is 4.79 Å². The number of carbonyl (C=O) groups is 1. The van der Waals surface area contributed by atoms with Gasteiger partial charge in [-0.2, -0.15) is 0 Å². The molecular formula is C26H26BrClN2O4. The van der Waals surface area contributed by atoms with Gasteiger partial charge in [-0.15, -0.1) is 0 Å². The van der Waals surface area contributed by atoms with Crippen molar-refractivity contribution in [2.75, 3.05) is 19.6 Å². The quantitative estimate of drug-likeness (QED) is 0.305. The molecule has 0 bridgehead atoms. The summed E-state index contributed by atoms with van der Waals surface area (Å²) in [6, 6.07) is 18.2. The van der Waals surface area contributed by atoms with Gasteiger partial charge in [-0.3, -0.25) is 0 Å². The van der Waals surface area contributed by atoms with Crippen LogP contribution in [0.4, 0.5) is 0 Å². The van der Waals surface area contributed by atoms with Crippen LogP contribution in [0.5, 0.6) is 11.5 Å². The van der Waals surface area contributed by atoms with Crippen LogP contribution in [0, 0.1) is 5.92 Å². The van der Waals surface area contributed by atoms with Crippen LogP contribution < -0.4 is 20.1 Å². The molecule has 34 heavy (non-hydrogen) atoms. The zero-order valence-electron chi connectivity index (χ0n) is 18.5. The molecule has 3 aromatic carbocycles. The molecule has 0 aromatic heterocycles. The minimum absolute atomic E-state index is 0.252. The number of aromatic carboxylic acids is 1. The Morgan fingerprint density at radius 1 is 1.00 bits per heavy atom. The van der Waals surface area contributed by atoms with Crippen molar-refractivity contribution in [1.82, 2.24) is 10.6 Å². The molecule has 1 heterocycles. The van der Waals surface area contributed by atoms with E-state index in [2.05, 4.69) is 26.6 Å². The molecule has 0 atom stereocenters. The molecule has 3 aromatic rings. The first-order valence-electron chi connectivity index (χ1n) is 11.0. The summed E-state index contributed by atoms with van der Waals surface area (Å²) in [5, 5.41) is 16.5. The number of nitrogens with one attached hydrogen (secondary N) is 2. The van der Waals surface area contributed by atoms with Gasteiger partial charge >= 0.3 is 5.97 Å². The molecule has 178 valence electrons. The minimum atomic E-state index is -0.945. The van der Waals surface area contributed by atoms with E-state index >= 15 is 0 Å². The number of benzene rings is 3. The molecule has 4 rings (SSSR count). The summed E-state index contributed by atoms with van der Waals surface area (Å²) in [4.78, 5) is 11.1. The normalized spacial score (nSPS) is 13.4. The fourth-order valence-electron chi connectivity index (χ4n) is 3.52. The topological polar surface area (TPSA) is 79.8 Å². The molecule has 0 saturated carbocycles. The van der Waals surface area contributed by atoms with Crippen molar-refractivity contribution in [3.8, 4) is 11.5 Å². The Morgan fingerprint density at radius 2 is 1.71 bits per heavy atom. The lowest BCUT2D eigenvalue weighted by Crippen LogP contribution is -2.47. The van der Waals surface area contributed by atoms with Crippen LogP contribution in [-0.4, -0.2) is 30.7 Å². The number of hydrogen-bond acceptors (Lipinski definition) is 5. The monoisotopic (exact) mass is 544 g/mol. The summed E-state index contributed by atoms with van der Waals surface area (Å²) >= 11 is 9.58. The molecule has 0 amide bonds. The third kappa shape index (κ3) is 6.96. The van der Waals surface area contributed by atoms with Crippen LogP contribution >= 0.6 is 27.5 Å². The van der Waals surface area contributed by atoms with E-state index in [1.165, 1.54) is 0 Å². The maximum Gasteiger partial charge on any atom is 0.335 e. The summed E-state index contributed by atoms with van der Waals surface area (Å²) in [5.41, 5.74) is 3.20. The van der Waals surface area contributed by atoms with Gasteiger partial charge in [0.2, 0.25) is 0 Å². The second-order valence-corrected chi connectivity index (χ2v) is 9.57. The zero-order valence-corrected chi connectivity index (χ0v) is 20.9. The molecule has 1 aliphatic rings. The zero-order chi connectivity index (χ0) is 23.9. The summed E-state index contributed by atoms with van der Waals surface area (Å²) in [6.45, 7) is 4.50. The van der Waals surface area contributed by atoms with E-state index in [4.69, 9.17) is 26.2 Å². The Kier molecular flexibility index (Phi) is 8.45. The second-order valence-electron chi connectivity index (χ2n) is 8.28. The van der Waals surface area contributed by atoms with E-state index in [1.807, 2.05) is 36.4 Å². The molecule has 0 aliphatic carbocycles. The molecule has 0 spiro atoms. The van der Waals surface area contributed by atoms with Gasteiger partial charge in [-0.25, -0.2) is 4.79 Å². The lowest BCUT2D eigenvalue weighted by Gasteiger charge is -2.27. The van der Waals surface area contributed by atoms with Crippen LogP contribution in [-0.2, 0) is 19.8 Å². The Hall–Kier alpha value is -2.58. The van der Waals surface area contributed by atoms with Gasteiger partial charge in [0.05, 0.1) is 5.56 Å². The van der Waals surface area contributed by atoms with Crippen LogP contribution in [0.2, 0.25) is 5.02 Å². The molecular weight excluding hydrogens is 520 g/mol. The number of halogens is 2. The van der Waals surface area contributed by atoms with E-state index in [1.54, 1.807) is 24.3 Å². The Morgan fingerprint density at radius 3 is 2.32 bits per heavy atom. The maximum atomic E-state index is 11.1. The van der Waals surface area contributed by atoms with Crippen LogP contribution in [0.3, 0.4) is 0 Å². The molecule has 1 aliphatic heterocycles. The first-order valence-corrected chi connectivity index (χ1v) is 12.2. The minimum Gasteiger partial charge on any atom is -0.489 e. The van der Waals surface area contributed by atoms with Crippen LogP contribution in [0.1, 0.15) is 27.0 Å². The predicted octanol–water partition coefficient (Wildman–Crippen LogP) is 5.27. The van der Waals surface area contributed by atoms with Gasteiger partial charge in [0.25, 0.3) is 0 Å². The summed E-state index contributed by atoms with van der Waals surface area (Å²) < 4.78 is 13.0. The lowest BCUT2D eigenvalue weighted by molar-refractivity contribution is 0.0697. The molecule has 6 nitrogen and oxygen atoms in total. The van der Waals surface area contributed by atoms with E-state index in [0.29, 0.717) is 42.2 Å². The highest BCUT2D eigenvalue weighted by Gasteiger charge is 2.15. The second kappa shape index (κ2) is 11.7. The van der Waals surface area contributed by atoms with Gasteiger partial charge < -0.3 is 25.2 Å². The molecule has 8 heteroatoms. The van der Waals surface area contributed by atoms with Crippen molar-refractivity contribution in [3.63, 3.8) is 0 Å².